The number of nitrogens with one attached hydrogen (secondary N) is 1. The summed E-state index contributed by atoms with van der Waals surface area (Å²) < 4.78 is 45.3. The van der Waals surface area contributed by atoms with Crippen LogP contribution in [-0.2, 0) is 22.6 Å². The fourth-order valence-electron chi connectivity index (χ4n) is 6.97. The molecule has 1 spiro atoms. The number of unbranched alkanes of at least 4 members (excludes halogenated alkanes) is 1. The molecule has 224 valence electrons. The van der Waals surface area contributed by atoms with E-state index in [4.69, 9.17) is 4.42 Å². The Morgan fingerprint density at radius 1 is 1.02 bits per heavy atom. The number of carbonyl (C=O) groups is 2. The molecule has 6 nitrogen and oxygen atoms in total. The van der Waals surface area contributed by atoms with Crippen molar-refractivity contribution in [3.63, 3.8) is 0 Å². The predicted molar refractivity (Wildman–Crippen MR) is 151 cm³/mol. The molecule has 0 radical (unpaired) electrons. The standard InChI is InChI=1S/C32H42F3N3O3/c1-2-3-17-38-29(39)27(20-23-9-5-4-6-10-23)36-30(40)31(38)15-18-37(19-16-31)22-25-13-14-28(41-25)26-12-8-7-11-24(26)21-32(33,34)35/h7-8,11-14,23,27H,2-6,9-10,15-22H2,1H3,(H,36,40). The first-order valence-corrected chi connectivity index (χ1v) is 15.3. The average molecular weight is 574 g/mol. The van der Waals surface area contributed by atoms with Gasteiger partial charge < -0.3 is 14.6 Å². The van der Waals surface area contributed by atoms with Crippen LogP contribution in [0.3, 0.4) is 0 Å². The van der Waals surface area contributed by atoms with Crippen molar-refractivity contribution < 1.29 is 27.2 Å². The maximum absolute atomic E-state index is 13.8. The molecule has 9 heteroatoms. The lowest BCUT2D eigenvalue weighted by molar-refractivity contribution is -0.162. The molecular formula is C32H42F3N3O3. The third-order valence-electron chi connectivity index (χ3n) is 9.24. The smallest absolute Gasteiger partial charge is 0.393 e. The minimum Gasteiger partial charge on any atom is -0.460 e. The van der Waals surface area contributed by atoms with Crippen LogP contribution >= 0.6 is 0 Å². The normalized spacial score (nSPS) is 22.3. The molecule has 1 atom stereocenters. The van der Waals surface area contributed by atoms with E-state index in [2.05, 4.69) is 17.1 Å². The van der Waals surface area contributed by atoms with Gasteiger partial charge in [-0.15, -0.1) is 0 Å². The summed E-state index contributed by atoms with van der Waals surface area (Å²) >= 11 is 0. The molecule has 0 bridgehead atoms. The Labute approximate surface area is 240 Å². The van der Waals surface area contributed by atoms with Gasteiger partial charge >= 0.3 is 6.18 Å². The van der Waals surface area contributed by atoms with Crippen molar-refractivity contribution in [1.29, 1.82) is 0 Å². The zero-order valence-corrected chi connectivity index (χ0v) is 24.0. The first kappa shape index (κ1) is 29.7. The Morgan fingerprint density at radius 2 is 1.76 bits per heavy atom. The Morgan fingerprint density at radius 3 is 2.46 bits per heavy atom. The highest BCUT2D eigenvalue weighted by molar-refractivity contribution is 6.00. The van der Waals surface area contributed by atoms with E-state index in [0.717, 1.165) is 32.1 Å². The van der Waals surface area contributed by atoms with Crippen LogP contribution in [0.2, 0.25) is 0 Å². The molecular weight excluding hydrogens is 531 g/mol. The van der Waals surface area contributed by atoms with E-state index in [-0.39, 0.29) is 17.4 Å². The number of amides is 2. The van der Waals surface area contributed by atoms with Gasteiger partial charge in [-0.25, -0.2) is 0 Å². The van der Waals surface area contributed by atoms with E-state index in [1.54, 1.807) is 24.3 Å². The number of likely N-dealkylation sites (tertiary alicyclic amines) is 1. The molecule has 3 heterocycles. The fraction of sp³-hybridized carbons (Fsp3) is 0.625. The second-order valence-electron chi connectivity index (χ2n) is 12.1. The van der Waals surface area contributed by atoms with Crippen LogP contribution in [0.15, 0.2) is 40.8 Å². The number of rotatable bonds is 9. The number of piperidine rings is 1. The van der Waals surface area contributed by atoms with Crippen molar-refractivity contribution in [2.24, 2.45) is 5.92 Å². The summed E-state index contributed by atoms with van der Waals surface area (Å²) in [6.45, 7) is 4.44. The van der Waals surface area contributed by atoms with Gasteiger partial charge in [-0.1, -0.05) is 69.7 Å². The van der Waals surface area contributed by atoms with Crippen LogP contribution in [0.1, 0.15) is 82.5 Å². The van der Waals surface area contributed by atoms with Gasteiger partial charge in [0.2, 0.25) is 11.8 Å². The van der Waals surface area contributed by atoms with Crippen molar-refractivity contribution in [2.75, 3.05) is 19.6 Å². The van der Waals surface area contributed by atoms with E-state index >= 15 is 0 Å². The summed E-state index contributed by atoms with van der Waals surface area (Å²) in [6, 6.07) is 9.56. The van der Waals surface area contributed by atoms with Gasteiger partial charge in [0.1, 0.15) is 23.1 Å². The van der Waals surface area contributed by atoms with Crippen molar-refractivity contribution in [3.8, 4) is 11.3 Å². The van der Waals surface area contributed by atoms with Gasteiger partial charge in [0, 0.05) is 25.2 Å². The topological polar surface area (TPSA) is 65.8 Å². The van der Waals surface area contributed by atoms with Crippen molar-refractivity contribution in [2.45, 2.75) is 102 Å². The summed E-state index contributed by atoms with van der Waals surface area (Å²) in [7, 11) is 0. The first-order chi connectivity index (χ1) is 19.7. The van der Waals surface area contributed by atoms with Crippen LogP contribution < -0.4 is 5.32 Å². The quantitative estimate of drug-likeness (QED) is 0.373. The molecule has 2 saturated heterocycles. The fourth-order valence-corrected chi connectivity index (χ4v) is 6.97. The molecule has 1 unspecified atom stereocenters. The molecule has 1 aliphatic carbocycles. The van der Waals surface area contributed by atoms with E-state index in [1.807, 2.05) is 11.0 Å². The number of hydrogen-bond donors (Lipinski definition) is 1. The summed E-state index contributed by atoms with van der Waals surface area (Å²) in [5.74, 6) is 1.64. The van der Waals surface area contributed by atoms with Gasteiger partial charge in [0.05, 0.1) is 13.0 Å². The van der Waals surface area contributed by atoms with E-state index in [1.165, 1.54) is 25.3 Å². The zero-order valence-electron chi connectivity index (χ0n) is 24.0. The Balaban J connectivity index is 1.24. The van der Waals surface area contributed by atoms with Gasteiger partial charge in [-0.2, -0.15) is 13.2 Å². The van der Waals surface area contributed by atoms with E-state index < -0.39 is 24.2 Å². The maximum Gasteiger partial charge on any atom is 0.393 e. The average Bonchev–Trinajstić information content (AvgIpc) is 3.41. The molecule has 5 rings (SSSR count). The van der Waals surface area contributed by atoms with Crippen LogP contribution in [0.5, 0.6) is 0 Å². The molecule has 1 saturated carbocycles. The molecule has 3 aliphatic rings. The Bertz CT molecular complexity index is 1200. The number of nitrogens with zero attached hydrogens (tertiary/aromatic N) is 2. The maximum atomic E-state index is 13.8. The molecule has 1 N–H and O–H groups in total. The lowest BCUT2D eigenvalue weighted by atomic mass is 9.79. The van der Waals surface area contributed by atoms with Crippen molar-refractivity contribution in [1.82, 2.24) is 15.1 Å². The third kappa shape index (κ3) is 6.82. The highest BCUT2D eigenvalue weighted by Crippen LogP contribution is 2.37. The van der Waals surface area contributed by atoms with Gasteiger partial charge in [0.15, 0.2) is 0 Å². The largest absolute Gasteiger partial charge is 0.460 e. The summed E-state index contributed by atoms with van der Waals surface area (Å²) in [5.41, 5.74) is -0.195. The number of furan rings is 1. The van der Waals surface area contributed by atoms with Gasteiger partial charge in [0.25, 0.3) is 0 Å². The van der Waals surface area contributed by atoms with Crippen LogP contribution in [0.25, 0.3) is 11.3 Å². The Kier molecular flexibility index (Phi) is 9.12. The lowest BCUT2D eigenvalue weighted by Crippen LogP contribution is -2.73. The molecule has 3 fully saturated rings. The lowest BCUT2D eigenvalue weighted by Gasteiger charge is -2.52. The third-order valence-corrected chi connectivity index (χ3v) is 9.24. The summed E-state index contributed by atoms with van der Waals surface area (Å²) in [4.78, 5) is 31.5. The van der Waals surface area contributed by atoms with Gasteiger partial charge in [-0.05, 0) is 49.3 Å². The van der Waals surface area contributed by atoms with E-state index in [0.29, 0.717) is 62.0 Å². The van der Waals surface area contributed by atoms with Gasteiger partial charge in [-0.3, -0.25) is 14.5 Å². The minimum absolute atomic E-state index is 0.0183. The minimum atomic E-state index is -4.30. The molecule has 2 amide bonds. The second-order valence-corrected chi connectivity index (χ2v) is 12.1. The molecule has 2 aromatic rings. The number of halogens is 3. The van der Waals surface area contributed by atoms with Crippen molar-refractivity contribution in [3.05, 3.63) is 47.7 Å². The molecule has 41 heavy (non-hydrogen) atoms. The molecule has 2 aliphatic heterocycles. The van der Waals surface area contributed by atoms with Crippen LogP contribution in [-0.4, -0.2) is 59.0 Å². The first-order valence-electron chi connectivity index (χ1n) is 15.3. The number of alkyl halides is 3. The number of hydrogen-bond acceptors (Lipinski definition) is 4. The SMILES string of the molecule is CCCCN1C(=O)C(CC2CCCCC2)NC(=O)C12CCN(Cc1ccc(-c3ccccc3CC(F)(F)F)o1)CC2. The Hall–Kier alpha value is -2.81. The van der Waals surface area contributed by atoms with Crippen molar-refractivity contribution >= 4 is 11.8 Å². The molecule has 1 aromatic heterocycles. The highest BCUT2D eigenvalue weighted by Gasteiger charge is 2.53. The monoisotopic (exact) mass is 573 g/mol. The molecule has 1 aromatic carbocycles. The summed E-state index contributed by atoms with van der Waals surface area (Å²) in [6.07, 6.45) is 4.28. The number of piperazine rings is 1. The second kappa shape index (κ2) is 12.6. The van der Waals surface area contributed by atoms with Crippen LogP contribution in [0.4, 0.5) is 13.2 Å². The van der Waals surface area contributed by atoms with Crippen LogP contribution in [0, 0.1) is 5.92 Å². The predicted octanol–water partition coefficient (Wildman–Crippen LogP) is 6.48. The summed E-state index contributed by atoms with van der Waals surface area (Å²) in [5, 5.41) is 3.14. The van der Waals surface area contributed by atoms with E-state index in [9.17, 15) is 22.8 Å². The number of benzene rings is 1. The number of carbonyl (C=O) groups excluding carboxylic acids is 2. The zero-order chi connectivity index (χ0) is 29.0. The highest BCUT2D eigenvalue weighted by atomic mass is 19.4.